The molecule has 1 saturated heterocycles. The Hall–Kier alpha value is -1.75. The van der Waals surface area contributed by atoms with Gasteiger partial charge in [0.1, 0.15) is 5.82 Å². The van der Waals surface area contributed by atoms with E-state index in [2.05, 4.69) is 4.98 Å². The molecule has 1 amide bonds. The molecular weight excluding hydrogens is 275 g/mol. The number of hydrogen-bond acceptors (Lipinski definition) is 3. The number of thiazole rings is 1. The molecule has 1 aliphatic rings. The molecule has 2 heterocycles. The van der Waals surface area contributed by atoms with Crippen LogP contribution in [0.15, 0.2) is 29.6 Å². The molecule has 3 rings (SSSR count). The number of carbonyl (C=O) groups excluding carboxylic acids is 1. The van der Waals surface area contributed by atoms with E-state index in [0.717, 1.165) is 42.2 Å². The van der Waals surface area contributed by atoms with E-state index in [9.17, 15) is 9.18 Å². The molecule has 0 saturated carbocycles. The summed E-state index contributed by atoms with van der Waals surface area (Å²) in [4.78, 5) is 18.0. The van der Waals surface area contributed by atoms with Crippen molar-refractivity contribution in [3.63, 3.8) is 0 Å². The third-order valence-electron chi connectivity index (χ3n) is 3.46. The average molecular weight is 290 g/mol. The highest BCUT2D eigenvalue weighted by atomic mass is 32.1. The predicted molar refractivity (Wildman–Crippen MR) is 77.0 cm³/mol. The summed E-state index contributed by atoms with van der Waals surface area (Å²) in [5, 5.41) is 3.00. The van der Waals surface area contributed by atoms with E-state index in [1.807, 2.05) is 10.3 Å². The first kappa shape index (κ1) is 13.2. The van der Waals surface area contributed by atoms with Crippen molar-refractivity contribution >= 4 is 17.2 Å². The third kappa shape index (κ3) is 2.88. The number of amides is 1. The molecule has 5 heteroatoms. The smallest absolute Gasteiger partial charge is 0.222 e. The number of nitrogens with zero attached hydrogens (tertiary/aromatic N) is 2. The van der Waals surface area contributed by atoms with Gasteiger partial charge in [0.2, 0.25) is 5.91 Å². The molecule has 0 spiro atoms. The van der Waals surface area contributed by atoms with E-state index in [0.29, 0.717) is 6.42 Å². The van der Waals surface area contributed by atoms with E-state index < -0.39 is 0 Å². The van der Waals surface area contributed by atoms with Crippen molar-refractivity contribution in [1.82, 2.24) is 9.88 Å². The lowest BCUT2D eigenvalue weighted by molar-refractivity contribution is -0.127. The maximum atomic E-state index is 12.9. The van der Waals surface area contributed by atoms with Crippen molar-refractivity contribution in [3.05, 3.63) is 40.5 Å². The topological polar surface area (TPSA) is 33.2 Å². The van der Waals surface area contributed by atoms with Gasteiger partial charge in [0.25, 0.3) is 0 Å². The Labute approximate surface area is 121 Å². The van der Waals surface area contributed by atoms with E-state index in [4.69, 9.17) is 0 Å². The molecule has 104 valence electrons. The summed E-state index contributed by atoms with van der Waals surface area (Å²) >= 11 is 1.59. The van der Waals surface area contributed by atoms with Crippen LogP contribution in [0, 0.1) is 5.82 Å². The molecule has 3 nitrogen and oxygen atoms in total. The van der Waals surface area contributed by atoms with Crippen LogP contribution in [-0.2, 0) is 11.2 Å². The standard InChI is InChI=1S/C15H15FN2OS/c16-12-5-3-11(4-6-12)13-10-20-14(17-13)7-9-18-8-1-2-15(18)19/h3-6,10H,1-2,7-9H2. The maximum absolute atomic E-state index is 12.9. The van der Waals surface area contributed by atoms with Gasteiger partial charge in [-0.3, -0.25) is 4.79 Å². The molecule has 0 bridgehead atoms. The Balaban J connectivity index is 1.64. The normalized spacial score (nSPS) is 15.1. The lowest BCUT2D eigenvalue weighted by atomic mass is 10.2. The van der Waals surface area contributed by atoms with Crippen molar-refractivity contribution in [3.8, 4) is 11.3 Å². The summed E-state index contributed by atoms with van der Waals surface area (Å²) in [5.41, 5.74) is 1.80. The lowest BCUT2D eigenvalue weighted by Gasteiger charge is -2.13. The van der Waals surface area contributed by atoms with Gasteiger partial charge in [-0.15, -0.1) is 11.3 Å². The first-order valence-corrected chi connectivity index (χ1v) is 7.58. The summed E-state index contributed by atoms with van der Waals surface area (Å²) < 4.78 is 12.9. The van der Waals surface area contributed by atoms with Crippen molar-refractivity contribution in [2.24, 2.45) is 0 Å². The third-order valence-corrected chi connectivity index (χ3v) is 4.37. The highest BCUT2D eigenvalue weighted by Crippen LogP contribution is 2.23. The van der Waals surface area contributed by atoms with Crippen LogP contribution in [0.5, 0.6) is 0 Å². The van der Waals surface area contributed by atoms with Crippen LogP contribution in [0.25, 0.3) is 11.3 Å². The van der Waals surface area contributed by atoms with Crippen LogP contribution in [-0.4, -0.2) is 28.9 Å². The predicted octanol–water partition coefficient (Wildman–Crippen LogP) is 3.11. The molecule has 1 aliphatic heterocycles. The Morgan fingerprint density at radius 1 is 1.30 bits per heavy atom. The number of benzene rings is 1. The molecule has 0 aliphatic carbocycles. The summed E-state index contributed by atoms with van der Waals surface area (Å²) in [6, 6.07) is 6.35. The summed E-state index contributed by atoms with van der Waals surface area (Å²) in [6.45, 7) is 1.62. The summed E-state index contributed by atoms with van der Waals surface area (Å²) in [5.74, 6) is 0.0112. The minimum Gasteiger partial charge on any atom is -0.342 e. The second-order valence-corrected chi connectivity index (χ2v) is 5.81. The van der Waals surface area contributed by atoms with Crippen molar-refractivity contribution in [2.75, 3.05) is 13.1 Å². The fourth-order valence-electron chi connectivity index (χ4n) is 2.35. The van der Waals surface area contributed by atoms with Gasteiger partial charge in [0.05, 0.1) is 10.7 Å². The SMILES string of the molecule is O=C1CCCN1CCc1nc(-c2ccc(F)cc2)cs1. The van der Waals surface area contributed by atoms with Gasteiger partial charge < -0.3 is 4.90 Å². The minimum atomic E-state index is -0.239. The highest BCUT2D eigenvalue weighted by molar-refractivity contribution is 7.09. The van der Waals surface area contributed by atoms with Crippen LogP contribution in [0.1, 0.15) is 17.8 Å². The molecule has 1 aromatic carbocycles. The largest absolute Gasteiger partial charge is 0.342 e. The quantitative estimate of drug-likeness (QED) is 0.867. The number of likely N-dealkylation sites (tertiary alicyclic amines) is 1. The fraction of sp³-hybridized carbons (Fsp3) is 0.333. The summed E-state index contributed by atoms with van der Waals surface area (Å²) in [7, 11) is 0. The highest BCUT2D eigenvalue weighted by Gasteiger charge is 2.19. The van der Waals surface area contributed by atoms with Gasteiger partial charge in [-0.25, -0.2) is 9.37 Å². The van der Waals surface area contributed by atoms with Crippen LogP contribution in [0.4, 0.5) is 4.39 Å². The number of hydrogen-bond donors (Lipinski definition) is 0. The molecule has 1 fully saturated rings. The van der Waals surface area contributed by atoms with Crippen molar-refractivity contribution in [2.45, 2.75) is 19.3 Å². The van der Waals surface area contributed by atoms with Gasteiger partial charge in [-0.1, -0.05) is 0 Å². The van der Waals surface area contributed by atoms with Gasteiger partial charge in [0, 0.05) is 36.9 Å². The zero-order valence-corrected chi connectivity index (χ0v) is 11.8. The monoisotopic (exact) mass is 290 g/mol. The molecule has 1 aromatic heterocycles. The Bertz CT molecular complexity index is 609. The lowest BCUT2D eigenvalue weighted by Crippen LogP contribution is -2.26. The molecular formula is C15H15FN2OS. The molecule has 0 N–H and O–H groups in total. The summed E-state index contributed by atoms with van der Waals surface area (Å²) in [6.07, 6.45) is 2.44. The average Bonchev–Trinajstić information content (AvgIpc) is 3.06. The van der Waals surface area contributed by atoms with Crippen LogP contribution < -0.4 is 0 Å². The number of aromatic nitrogens is 1. The Kier molecular flexibility index (Phi) is 3.78. The van der Waals surface area contributed by atoms with Gasteiger partial charge in [-0.2, -0.15) is 0 Å². The fourth-order valence-corrected chi connectivity index (χ4v) is 3.15. The van der Waals surface area contributed by atoms with Gasteiger partial charge >= 0.3 is 0 Å². The van der Waals surface area contributed by atoms with E-state index in [-0.39, 0.29) is 11.7 Å². The second kappa shape index (κ2) is 5.71. The van der Waals surface area contributed by atoms with Gasteiger partial charge in [-0.05, 0) is 30.7 Å². The minimum absolute atomic E-state index is 0.239. The van der Waals surface area contributed by atoms with Crippen molar-refractivity contribution in [1.29, 1.82) is 0 Å². The molecule has 0 atom stereocenters. The van der Waals surface area contributed by atoms with E-state index in [1.165, 1.54) is 12.1 Å². The van der Waals surface area contributed by atoms with E-state index >= 15 is 0 Å². The van der Waals surface area contributed by atoms with E-state index in [1.54, 1.807) is 23.5 Å². The number of carbonyl (C=O) groups is 1. The first-order chi connectivity index (χ1) is 9.72. The first-order valence-electron chi connectivity index (χ1n) is 6.70. The van der Waals surface area contributed by atoms with Gasteiger partial charge in [0.15, 0.2) is 0 Å². The van der Waals surface area contributed by atoms with Crippen molar-refractivity contribution < 1.29 is 9.18 Å². The molecule has 20 heavy (non-hydrogen) atoms. The van der Waals surface area contributed by atoms with Crippen LogP contribution in [0.3, 0.4) is 0 Å². The molecule has 2 aromatic rings. The zero-order chi connectivity index (χ0) is 13.9. The number of halogens is 1. The second-order valence-electron chi connectivity index (χ2n) is 4.87. The van der Waals surface area contributed by atoms with Crippen LogP contribution in [0.2, 0.25) is 0 Å². The maximum Gasteiger partial charge on any atom is 0.222 e. The molecule has 0 unspecified atom stereocenters. The Morgan fingerprint density at radius 2 is 2.10 bits per heavy atom. The van der Waals surface area contributed by atoms with Crippen LogP contribution >= 0.6 is 11.3 Å². The Morgan fingerprint density at radius 3 is 2.80 bits per heavy atom. The zero-order valence-electron chi connectivity index (χ0n) is 11.0. The molecule has 0 radical (unpaired) electrons. The number of rotatable bonds is 4.